The predicted octanol–water partition coefficient (Wildman–Crippen LogP) is 0.860. The summed E-state index contributed by atoms with van der Waals surface area (Å²) in [6.07, 6.45) is 3.92. The second-order valence-corrected chi connectivity index (χ2v) is 4.70. The van der Waals surface area contributed by atoms with E-state index in [-0.39, 0.29) is 12.1 Å². The fourth-order valence-electron chi connectivity index (χ4n) is 2.06. The molecule has 2 rings (SSSR count). The molecule has 1 aliphatic rings. The van der Waals surface area contributed by atoms with E-state index in [2.05, 4.69) is 9.36 Å². The van der Waals surface area contributed by atoms with Crippen molar-refractivity contribution in [3.05, 3.63) is 0 Å². The minimum Gasteiger partial charge on any atom is -0.391 e. The van der Waals surface area contributed by atoms with Gasteiger partial charge in [0.1, 0.15) is 0 Å². The van der Waals surface area contributed by atoms with Crippen molar-refractivity contribution in [1.82, 2.24) is 9.36 Å². The van der Waals surface area contributed by atoms with Crippen LogP contribution >= 0.6 is 11.5 Å². The van der Waals surface area contributed by atoms with E-state index < -0.39 is 0 Å². The van der Waals surface area contributed by atoms with Gasteiger partial charge in [0.05, 0.1) is 12.1 Å². The fourth-order valence-corrected chi connectivity index (χ4v) is 2.67. The summed E-state index contributed by atoms with van der Waals surface area (Å²) < 4.78 is 3.94. The lowest BCUT2D eigenvalue weighted by Gasteiger charge is -2.34. The van der Waals surface area contributed by atoms with Gasteiger partial charge in [0.2, 0.25) is 11.1 Å². The van der Waals surface area contributed by atoms with Gasteiger partial charge in [-0.2, -0.15) is 9.36 Å². The highest BCUT2D eigenvalue weighted by atomic mass is 32.1. The summed E-state index contributed by atoms with van der Waals surface area (Å²) >= 11 is 1.28. The lowest BCUT2D eigenvalue weighted by atomic mass is 9.92. The molecule has 2 unspecified atom stereocenters. The maximum Gasteiger partial charge on any atom is 0.233 e. The van der Waals surface area contributed by atoms with E-state index in [0.29, 0.717) is 5.95 Å². The minimum absolute atomic E-state index is 0.158. The molecule has 1 fully saturated rings. The third kappa shape index (κ3) is 2.21. The van der Waals surface area contributed by atoms with Crippen LogP contribution in [0.1, 0.15) is 25.7 Å². The summed E-state index contributed by atoms with van der Waals surface area (Å²) in [4.78, 5) is 6.12. The van der Waals surface area contributed by atoms with Crippen molar-refractivity contribution in [1.29, 1.82) is 0 Å². The van der Waals surface area contributed by atoms with E-state index in [9.17, 15) is 5.11 Å². The van der Waals surface area contributed by atoms with E-state index in [0.717, 1.165) is 24.4 Å². The molecule has 0 saturated heterocycles. The second-order valence-electron chi connectivity index (χ2n) is 3.97. The maximum atomic E-state index is 9.89. The molecule has 1 saturated carbocycles. The van der Waals surface area contributed by atoms with Gasteiger partial charge in [-0.1, -0.05) is 12.8 Å². The summed E-state index contributed by atoms with van der Waals surface area (Å²) in [5.41, 5.74) is 5.48. The lowest BCUT2D eigenvalue weighted by molar-refractivity contribution is 0.106. The van der Waals surface area contributed by atoms with Crippen LogP contribution in [0.15, 0.2) is 0 Å². The van der Waals surface area contributed by atoms with Crippen LogP contribution in [0.3, 0.4) is 0 Å². The van der Waals surface area contributed by atoms with Gasteiger partial charge >= 0.3 is 0 Å². The lowest BCUT2D eigenvalue weighted by Crippen LogP contribution is -2.43. The van der Waals surface area contributed by atoms with Gasteiger partial charge < -0.3 is 15.7 Å². The molecule has 3 N–H and O–H groups in total. The van der Waals surface area contributed by atoms with Gasteiger partial charge in [0.25, 0.3) is 0 Å². The number of aromatic nitrogens is 2. The summed E-state index contributed by atoms with van der Waals surface area (Å²) in [5.74, 6) is 0.312. The molecule has 0 bridgehead atoms. The molecule has 6 heteroatoms. The maximum absolute atomic E-state index is 9.89. The van der Waals surface area contributed by atoms with Gasteiger partial charge in [-0.05, 0) is 12.8 Å². The van der Waals surface area contributed by atoms with Crippen LogP contribution in [0.4, 0.5) is 11.1 Å². The van der Waals surface area contributed by atoms with Crippen molar-refractivity contribution in [2.75, 3.05) is 17.7 Å². The quantitative estimate of drug-likeness (QED) is 0.785. The molecule has 84 valence electrons. The second kappa shape index (κ2) is 4.32. The number of nitrogen functional groups attached to an aromatic ring is 1. The van der Waals surface area contributed by atoms with Gasteiger partial charge in [0.15, 0.2) is 0 Å². The summed E-state index contributed by atoms with van der Waals surface area (Å²) in [6.45, 7) is 0. The van der Waals surface area contributed by atoms with Crippen molar-refractivity contribution >= 4 is 22.6 Å². The third-order valence-corrected chi connectivity index (χ3v) is 3.75. The summed E-state index contributed by atoms with van der Waals surface area (Å²) in [6, 6.07) is 0.158. The number of aliphatic hydroxyl groups is 1. The zero-order chi connectivity index (χ0) is 10.8. The normalized spacial score (nSPS) is 26.5. The molecule has 1 heterocycles. The largest absolute Gasteiger partial charge is 0.391 e. The van der Waals surface area contributed by atoms with Crippen LogP contribution in [-0.2, 0) is 0 Å². The van der Waals surface area contributed by atoms with Gasteiger partial charge in [0, 0.05) is 18.6 Å². The summed E-state index contributed by atoms with van der Waals surface area (Å²) in [7, 11) is 1.94. The number of nitrogens with zero attached hydrogens (tertiary/aromatic N) is 3. The molecule has 0 aromatic carbocycles. The van der Waals surface area contributed by atoms with Crippen LogP contribution < -0.4 is 10.6 Å². The summed E-state index contributed by atoms with van der Waals surface area (Å²) in [5, 5.41) is 10.7. The van der Waals surface area contributed by atoms with Crippen molar-refractivity contribution in [3.63, 3.8) is 0 Å². The molecule has 1 aromatic heterocycles. The Balaban J connectivity index is 2.09. The zero-order valence-corrected chi connectivity index (χ0v) is 9.57. The molecule has 1 aromatic rings. The SMILES string of the molecule is CN(c1nc(N)ns1)C1CCCCC1O. The smallest absolute Gasteiger partial charge is 0.233 e. The van der Waals surface area contributed by atoms with E-state index >= 15 is 0 Å². The molecule has 0 radical (unpaired) electrons. The van der Waals surface area contributed by atoms with Crippen LogP contribution in [0.2, 0.25) is 0 Å². The van der Waals surface area contributed by atoms with E-state index in [1.165, 1.54) is 18.0 Å². The van der Waals surface area contributed by atoms with Gasteiger partial charge in [-0.25, -0.2) is 0 Å². The van der Waals surface area contributed by atoms with Crippen molar-refractivity contribution in [3.8, 4) is 0 Å². The van der Waals surface area contributed by atoms with Crippen LogP contribution in [0, 0.1) is 0 Å². The van der Waals surface area contributed by atoms with E-state index in [1.54, 1.807) is 0 Å². The molecule has 0 amide bonds. The molecule has 0 aliphatic heterocycles. The number of nitrogens with two attached hydrogens (primary N) is 1. The minimum atomic E-state index is -0.256. The Morgan fingerprint density at radius 3 is 2.80 bits per heavy atom. The van der Waals surface area contributed by atoms with Crippen molar-refractivity contribution in [2.24, 2.45) is 0 Å². The zero-order valence-electron chi connectivity index (χ0n) is 8.76. The Bertz CT molecular complexity index is 330. The van der Waals surface area contributed by atoms with Crippen molar-refractivity contribution < 1.29 is 5.11 Å². The van der Waals surface area contributed by atoms with Crippen LogP contribution in [-0.4, -0.2) is 33.7 Å². The molecular weight excluding hydrogens is 212 g/mol. The fraction of sp³-hybridized carbons (Fsp3) is 0.778. The Morgan fingerprint density at radius 2 is 2.20 bits per heavy atom. The molecule has 2 atom stereocenters. The monoisotopic (exact) mass is 228 g/mol. The number of hydrogen-bond donors (Lipinski definition) is 2. The number of rotatable bonds is 2. The highest BCUT2D eigenvalue weighted by Crippen LogP contribution is 2.27. The standard InChI is InChI=1S/C9H16N4OS/c1-13(9-11-8(10)12-15-9)6-4-2-3-5-7(6)14/h6-7,14H,2-5H2,1H3,(H2,10,12). The van der Waals surface area contributed by atoms with Gasteiger partial charge in [-0.15, -0.1) is 0 Å². The molecule has 1 aliphatic carbocycles. The first-order chi connectivity index (χ1) is 7.18. The highest BCUT2D eigenvalue weighted by molar-refractivity contribution is 7.09. The number of hydrogen-bond acceptors (Lipinski definition) is 6. The Hall–Kier alpha value is -0.880. The molecule has 15 heavy (non-hydrogen) atoms. The average molecular weight is 228 g/mol. The van der Waals surface area contributed by atoms with Gasteiger partial charge in [-0.3, -0.25) is 0 Å². The van der Waals surface area contributed by atoms with E-state index in [4.69, 9.17) is 5.73 Å². The molecular formula is C9H16N4OS. The van der Waals surface area contributed by atoms with Crippen molar-refractivity contribution in [2.45, 2.75) is 37.8 Å². The topological polar surface area (TPSA) is 75.3 Å². The number of anilines is 2. The average Bonchev–Trinajstić information content (AvgIpc) is 2.65. The van der Waals surface area contributed by atoms with Crippen LogP contribution in [0.5, 0.6) is 0 Å². The van der Waals surface area contributed by atoms with E-state index in [1.807, 2.05) is 11.9 Å². The first-order valence-electron chi connectivity index (χ1n) is 5.18. The Morgan fingerprint density at radius 1 is 1.47 bits per heavy atom. The van der Waals surface area contributed by atoms with Crippen LogP contribution in [0.25, 0.3) is 0 Å². The Kier molecular flexibility index (Phi) is 3.06. The Labute approximate surface area is 93.1 Å². The first-order valence-corrected chi connectivity index (χ1v) is 5.96. The predicted molar refractivity (Wildman–Crippen MR) is 61.0 cm³/mol. The number of aliphatic hydroxyl groups excluding tert-OH is 1. The highest BCUT2D eigenvalue weighted by Gasteiger charge is 2.28. The first kappa shape index (κ1) is 10.6. The third-order valence-electron chi connectivity index (χ3n) is 2.92. The molecule has 0 spiro atoms. The molecule has 5 nitrogen and oxygen atoms in total. The number of likely N-dealkylation sites (N-methyl/N-ethyl adjacent to an activating group) is 1.